The summed E-state index contributed by atoms with van der Waals surface area (Å²) in [5, 5.41) is 9.24. The van der Waals surface area contributed by atoms with Gasteiger partial charge in [0.1, 0.15) is 6.07 Å². The quantitative estimate of drug-likeness (QED) is 0.794. The smallest absolute Gasteiger partial charge is 0.103 e. The molecule has 0 aromatic carbocycles. The van der Waals surface area contributed by atoms with Crippen LogP contribution in [-0.4, -0.2) is 24.1 Å². The summed E-state index contributed by atoms with van der Waals surface area (Å²) in [6, 6.07) is 4.46. The number of hydrogen-bond donors (Lipinski definition) is 1. The highest BCUT2D eigenvalue weighted by atomic mass is 15.2. The Morgan fingerprint density at radius 1 is 1.53 bits per heavy atom. The second-order valence-electron chi connectivity index (χ2n) is 4.70. The molecular formula is C13H18N4. The minimum Gasteiger partial charge on any atom is -0.369 e. The Morgan fingerprint density at radius 3 is 2.94 bits per heavy atom. The van der Waals surface area contributed by atoms with Gasteiger partial charge < -0.3 is 10.6 Å². The Hall–Kier alpha value is -1.60. The molecule has 1 fully saturated rings. The first-order chi connectivity index (χ1) is 8.11. The van der Waals surface area contributed by atoms with Gasteiger partial charge in [-0.1, -0.05) is 0 Å². The Labute approximate surface area is 102 Å². The van der Waals surface area contributed by atoms with Crippen molar-refractivity contribution in [1.29, 1.82) is 5.26 Å². The van der Waals surface area contributed by atoms with Crippen LogP contribution < -0.4 is 10.6 Å². The van der Waals surface area contributed by atoms with Gasteiger partial charge in [0.25, 0.3) is 0 Å². The number of pyridine rings is 1. The molecule has 1 aliphatic heterocycles. The van der Waals surface area contributed by atoms with Crippen LogP contribution in [0.2, 0.25) is 0 Å². The van der Waals surface area contributed by atoms with Crippen LogP contribution in [0.3, 0.4) is 0 Å². The number of nitriles is 1. The highest BCUT2D eigenvalue weighted by molar-refractivity contribution is 5.61. The van der Waals surface area contributed by atoms with Gasteiger partial charge in [-0.25, -0.2) is 0 Å². The molecule has 1 unspecified atom stereocenters. The maximum absolute atomic E-state index is 9.24. The van der Waals surface area contributed by atoms with Crippen LogP contribution in [0.25, 0.3) is 0 Å². The number of aromatic nitrogens is 1. The highest BCUT2D eigenvalue weighted by Gasteiger charge is 2.20. The molecule has 1 saturated heterocycles. The maximum atomic E-state index is 9.24. The molecule has 0 spiro atoms. The number of anilines is 1. The first kappa shape index (κ1) is 11.9. The van der Waals surface area contributed by atoms with Crippen LogP contribution in [0.1, 0.15) is 29.8 Å². The lowest BCUT2D eigenvalue weighted by Gasteiger charge is -2.33. The minimum atomic E-state index is 0.212. The van der Waals surface area contributed by atoms with Gasteiger partial charge >= 0.3 is 0 Å². The summed E-state index contributed by atoms with van der Waals surface area (Å²) in [4.78, 5) is 6.56. The van der Waals surface area contributed by atoms with E-state index in [1.54, 1.807) is 0 Å². The monoisotopic (exact) mass is 230 g/mol. The number of nitrogens with two attached hydrogens (primary N) is 1. The molecule has 17 heavy (non-hydrogen) atoms. The van der Waals surface area contributed by atoms with Crippen molar-refractivity contribution in [2.75, 3.05) is 18.0 Å². The fourth-order valence-corrected chi connectivity index (χ4v) is 2.42. The first-order valence-corrected chi connectivity index (χ1v) is 6.00. The standard InChI is InChI=1S/C13H18N4/c1-9-6-13(12(7-14)10(2)16-9)17-5-3-4-11(15)8-17/h6,11H,3-5,8,15H2,1-2H3. The molecule has 2 heterocycles. The lowest BCUT2D eigenvalue weighted by Crippen LogP contribution is -2.43. The van der Waals surface area contributed by atoms with Crippen molar-refractivity contribution in [3.8, 4) is 6.07 Å². The van der Waals surface area contributed by atoms with E-state index in [9.17, 15) is 5.26 Å². The molecule has 1 aromatic rings. The predicted molar refractivity (Wildman–Crippen MR) is 67.8 cm³/mol. The summed E-state index contributed by atoms with van der Waals surface area (Å²) < 4.78 is 0. The van der Waals surface area contributed by atoms with Crippen LogP contribution in [0, 0.1) is 25.2 Å². The third-order valence-corrected chi connectivity index (χ3v) is 3.22. The Bertz CT molecular complexity index is 461. The molecule has 2 rings (SSSR count). The SMILES string of the molecule is Cc1cc(N2CCCC(N)C2)c(C#N)c(C)n1. The van der Waals surface area contributed by atoms with E-state index in [0.717, 1.165) is 43.0 Å². The average molecular weight is 230 g/mol. The summed E-state index contributed by atoms with van der Waals surface area (Å²) in [6.07, 6.45) is 2.16. The lowest BCUT2D eigenvalue weighted by molar-refractivity contribution is 0.505. The largest absolute Gasteiger partial charge is 0.369 e. The zero-order chi connectivity index (χ0) is 12.4. The molecule has 2 N–H and O–H groups in total. The second kappa shape index (κ2) is 4.72. The third kappa shape index (κ3) is 2.40. The number of rotatable bonds is 1. The maximum Gasteiger partial charge on any atom is 0.103 e. The zero-order valence-electron chi connectivity index (χ0n) is 10.4. The molecule has 4 heteroatoms. The topological polar surface area (TPSA) is 65.9 Å². The fraction of sp³-hybridized carbons (Fsp3) is 0.538. The first-order valence-electron chi connectivity index (χ1n) is 6.00. The summed E-state index contributed by atoms with van der Waals surface area (Å²) in [5.41, 5.74) is 9.43. The number of aryl methyl sites for hydroxylation is 2. The van der Waals surface area contributed by atoms with Gasteiger partial charge in [0.15, 0.2) is 0 Å². The number of nitrogens with zero attached hydrogens (tertiary/aromatic N) is 3. The Kier molecular flexibility index (Phi) is 3.30. The van der Waals surface area contributed by atoms with Crippen molar-refractivity contribution in [2.24, 2.45) is 5.73 Å². The van der Waals surface area contributed by atoms with Gasteiger partial charge in [0, 0.05) is 24.8 Å². The number of piperidine rings is 1. The lowest BCUT2D eigenvalue weighted by atomic mass is 10.0. The second-order valence-corrected chi connectivity index (χ2v) is 4.70. The van der Waals surface area contributed by atoms with Crippen LogP contribution in [0.4, 0.5) is 5.69 Å². The fourth-order valence-electron chi connectivity index (χ4n) is 2.42. The zero-order valence-corrected chi connectivity index (χ0v) is 10.4. The molecule has 90 valence electrons. The summed E-state index contributed by atoms with van der Waals surface area (Å²) >= 11 is 0. The van der Waals surface area contributed by atoms with E-state index in [2.05, 4.69) is 16.0 Å². The van der Waals surface area contributed by atoms with Gasteiger partial charge in [-0.05, 0) is 32.8 Å². The molecule has 0 bridgehead atoms. The van der Waals surface area contributed by atoms with Crippen LogP contribution in [0.5, 0.6) is 0 Å². The Morgan fingerprint density at radius 2 is 2.29 bits per heavy atom. The number of hydrogen-bond acceptors (Lipinski definition) is 4. The molecular weight excluding hydrogens is 212 g/mol. The van der Waals surface area contributed by atoms with Crippen LogP contribution in [-0.2, 0) is 0 Å². The molecule has 1 atom stereocenters. The van der Waals surface area contributed by atoms with Crippen molar-refractivity contribution in [3.63, 3.8) is 0 Å². The van der Waals surface area contributed by atoms with E-state index in [1.807, 2.05) is 19.9 Å². The highest BCUT2D eigenvalue weighted by Crippen LogP contribution is 2.25. The van der Waals surface area contributed by atoms with E-state index < -0.39 is 0 Å². The normalized spacial score (nSPS) is 20.1. The van der Waals surface area contributed by atoms with Crippen LogP contribution >= 0.6 is 0 Å². The van der Waals surface area contributed by atoms with E-state index in [-0.39, 0.29) is 6.04 Å². The van der Waals surface area contributed by atoms with Gasteiger partial charge in [0.2, 0.25) is 0 Å². The summed E-state index contributed by atoms with van der Waals surface area (Å²) in [7, 11) is 0. The minimum absolute atomic E-state index is 0.212. The van der Waals surface area contributed by atoms with Crippen molar-refractivity contribution in [3.05, 3.63) is 23.0 Å². The van der Waals surface area contributed by atoms with E-state index in [4.69, 9.17) is 5.73 Å². The molecule has 0 radical (unpaired) electrons. The van der Waals surface area contributed by atoms with Crippen molar-refractivity contribution < 1.29 is 0 Å². The Balaban J connectivity index is 2.40. The van der Waals surface area contributed by atoms with Crippen molar-refractivity contribution >= 4 is 5.69 Å². The molecule has 0 aliphatic carbocycles. The molecule has 0 amide bonds. The summed E-state index contributed by atoms with van der Waals surface area (Å²) in [6.45, 7) is 5.66. The molecule has 1 aromatic heterocycles. The van der Waals surface area contributed by atoms with Gasteiger partial charge in [-0.3, -0.25) is 4.98 Å². The van der Waals surface area contributed by atoms with Gasteiger partial charge in [-0.15, -0.1) is 0 Å². The van der Waals surface area contributed by atoms with E-state index in [1.165, 1.54) is 0 Å². The average Bonchev–Trinajstić information content (AvgIpc) is 2.28. The molecule has 0 saturated carbocycles. The van der Waals surface area contributed by atoms with E-state index in [0.29, 0.717) is 5.56 Å². The van der Waals surface area contributed by atoms with Crippen molar-refractivity contribution in [1.82, 2.24) is 4.98 Å². The van der Waals surface area contributed by atoms with Gasteiger partial charge in [0.05, 0.1) is 16.9 Å². The van der Waals surface area contributed by atoms with Crippen LogP contribution in [0.15, 0.2) is 6.07 Å². The predicted octanol–water partition coefficient (Wildman–Crippen LogP) is 1.50. The van der Waals surface area contributed by atoms with Gasteiger partial charge in [-0.2, -0.15) is 5.26 Å². The third-order valence-electron chi connectivity index (χ3n) is 3.22. The molecule has 1 aliphatic rings. The summed E-state index contributed by atoms with van der Waals surface area (Å²) in [5.74, 6) is 0. The van der Waals surface area contributed by atoms with Crippen molar-refractivity contribution in [2.45, 2.75) is 32.7 Å². The van der Waals surface area contributed by atoms with E-state index >= 15 is 0 Å². The molecule has 4 nitrogen and oxygen atoms in total.